The lowest BCUT2D eigenvalue weighted by molar-refractivity contribution is -0.137. The summed E-state index contributed by atoms with van der Waals surface area (Å²) in [4.78, 5) is 38.0. The lowest BCUT2D eigenvalue weighted by Gasteiger charge is -2.13. The molecule has 0 saturated carbocycles. The molecule has 2 amide bonds. The Kier molecular flexibility index (Phi) is 5.92. The highest BCUT2D eigenvalue weighted by Gasteiger charge is 2.35. The second-order valence-electron chi connectivity index (χ2n) is 7.90. The minimum absolute atomic E-state index is 0.141. The highest BCUT2D eigenvalue weighted by molar-refractivity contribution is 7.22. The molecular weight excluding hydrogens is 491 g/mol. The van der Waals surface area contributed by atoms with Gasteiger partial charge in [-0.3, -0.25) is 14.9 Å². The zero-order valence-electron chi connectivity index (χ0n) is 18.7. The maximum Gasteiger partial charge on any atom is 0.417 e. The molecule has 0 radical (unpaired) electrons. The van der Waals surface area contributed by atoms with E-state index in [0.717, 1.165) is 22.3 Å². The summed E-state index contributed by atoms with van der Waals surface area (Å²) in [6.45, 7) is 1.88. The molecule has 2 heterocycles. The van der Waals surface area contributed by atoms with Crippen LogP contribution in [0, 0.1) is 0 Å². The van der Waals surface area contributed by atoms with Crippen LogP contribution in [0.1, 0.15) is 39.0 Å². The number of carbonyl (C=O) groups excluding carboxylic acids is 2. The molecule has 0 aliphatic rings. The third-order valence-electron chi connectivity index (χ3n) is 5.46. The second kappa shape index (κ2) is 9.08. The van der Waals surface area contributed by atoms with Crippen LogP contribution in [-0.2, 0) is 12.6 Å². The summed E-state index contributed by atoms with van der Waals surface area (Å²) in [7, 11) is 0. The van der Waals surface area contributed by atoms with Crippen LogP contribution in [0.3, 0.4) is 0 Å². The molecule has 0 saturated heterocycles. The van der Waals surface area contributed by atoms with Crippen molar-refractivity contribution in [2.45, 2.75) is 19.5 Å². The molecule has 2 aromatic heterocycles. The molecule has 7 nitrogen and oxygen atoms in total. The summed E-state index contributed by atoms with van der Waals surface area (Å²) in [6, 6.07) is 14.9. The number of nitrogens with zero attached hydrogens (tertiary/aromatic N) is 2. The van der Waals surface area contributed by atoms with Gasteiger partial charge in [-0.1, -0.05) is 42.5 Å². The van der Waals surface area contributed by atoms with E-state index >= 15 is 0 Å². The molecule has 0 unspecified atom stereocenters. The fraction of sp³-hybridized carbons (Fsp3) is 0.120. The second-order valence-corrected chi connectivity index (χ2v) is 8.93. The van der Waals surface area contributed by atoms with E-state index < -0.39 is 29.1 Å². The van der Waals surface area contributed by atoms with Crippen molar-refractivity contribution in [1.29, 1.82) is 0 Å². The van der Waals surface area contributed by atoms with Gasteiger partial charge >= 0.3 is 6.18 Å². The predicted octanol–water partition coefficient (Wildman–Crippen LogP) is 6.26. The van der Waals surface area contributed by atoms with Gasteiger partial charge in [0.1, 0.15) is 11.3 Å². The Balaban J connectivity index is 1.51. The number of H-pyrrole nitrogens is 1. The molecule has 0 spiro atoms. The third-order valence-corrected chi connectivity index (χ3v) is 6.42. The van der Waals surface area contributed by atoms with Gasteiger partial charge < -0.3 is 10.3 Å². The zero-order valence-corrected chi connectivity index (χ0v) is 19.6. The van der Waals surface area contributed by atoms with Crippen molar-refractivity contribution in [3.8, 4) is 0 Å². The van der Waals surface area contributed by atoms with Crippen LogP contribution < -0.4 is 10.6 Å². The van der Waals surface area contributed by atoms with Crippen LogP contribution in [0.4, 0.5) is 24.0 Å². The monoisotopic (exact) mass is 509 g/mol. The number of para-hydroxylation sites is 1. The Morgan fingerprint density at radius 3 is 2.42 bits per heavy atom. The average molecular weight is 510 g/mol. The van der Waals surface area contributed by atoms with E-state index in [1.54, 1.807) is 0 Å². The maximum atomic E-state index is 13.4. The van der Waals surface area contributed by atoms with Gasteiger partial charge in [0.05, 0.1) is 32.4 Å². The van der Waals surface area contributed by atoms with E-state index in [1.165, 1.54) is 35.6 Å². The molecule has 0 aliphatic heterocycles. The number of halogens is 3. The number of benzene rings is 3. The minimum atomic E-state index is -4.69. The summed E-state index contributed by atoms with van der Waals surface area (Å²) in [6.07, 6.45) is -4.13. The quantitative estimate of drug-likeness (QED) is 0.260. The summed E-state index contributed by atoms with van der Waals surface area (Å²) in [5, 5.41) is 5.64. The number of aromatic nitrogens is 3. The van der Waals surface area contributed by atoms with Gasteiger partial charge in [0, 0.05) is 12.1 Å². The number of aromatic amines is 1. The van der Waals surface area contributed by atoms with Crippen LogP contribution >= 0.6 is 11.3 Å². The van der Waals surface area contributed by atoms with Crippen molar-refractivity contribution in [3.05, 3.63) is 83.2 Å². The highest BCUT2D eigenvalue weighted by Crippen LogP contribution is 2.33. The number of amides is 2. The first-order chi connectivity index (χ1) is 17.2. The van der Waals surface area contributed by atoms with E-state index in [2.05, 4.69) is 25.6 Å². The number of nitrogens with one attached hydrogen (secondary N) is 3. The van der Waals surface area contributed by atoms with Gasteiger partial charge in [-0.25, -0.2) is 9.97 Å². The summed E-state index contributed by atoms with van der Waals surface area (Å²) >= 11 is 1.30. The van der Waals surface area contributed by atoms with Crippen molar-refractivity contribution in [3.63, 3.8) is 0 Å². The number of alkyl halides is 3. The van der Waals surface area contributed by atoms with Crippen molar-refractivity contribution in [2.24, 2.45) is 0 Å². The van der Waals surface area contributed by atoms with Gasteiger partial charge in [0.15, 0.2) is 5.13 Å². The average Bonchev–Trinajstić information content (AvgIpc) is 3.46. The first-order valence-electron chi connectivity index (χ1n) is 10.9. The van der Waals surface area contributed by atoms with Crippen molar-refractivity contribution in [2.75, 3.05) is 10.6 Å². The molecule has 0 aliphatic carbocycles. The molecule has 5 aromatic rings. The largest absolute Gasteiger partial charge is 0.417 e. The van der Waals surface area contributed by atoms with Crippen molar-refractivity contribution in [1.82, 2.24) is 15.0 Å². The highest BCUT2D eigenvalue weighted by atomic mass is 32.1. The van der Waals surface area contributed by atoms with Gasteiger partial charge in [-0.15, -0.1) is 0 Å². The lowest BCUT2D eigenvalue weighted by atomic mass is 10.1. The van der Waals surface area contributed by atoms with Gasteiger partial charge in [-0.05, 0) is 36.4 Å². The van der Waals surface area contributed by atoms with Crippen LogP contribution in [-0.4, -0.2) is 26.8 Å². The van der Waals surface area contributed by atoms with E-state index in [1.807, 2.05) is 31.2 Å². The number of hydrogen-bond donors (Lipinski definition) is 3. The first kappa shape index (κ1) is 23.5. The summed E-state index contributed by atoms with van der Waals surface area (Å²) in [5.74, 6) is -0.847. The molecular formula is C25H18F3N5O2S. The molecule has 3 N–H and O–H groups in total. The number of aryl methyl sites for hydroxylation is 1. The standard InChI is InChI=1S/C25H18F3N5O2S/c1-2-20-30-18-12-13(29-22(34)14-7-3-4-8-16(14)25(26,27)28)11-15(21(18)32-20)23(35)33-24-31-17-9-5-6-10-19(17)36-24/h3-12H,2H2,1H3,(H,29,34)(H,30,32)(H,31,33,35). The third kappa shape index (κ3) is 4.52. The maximum absolute atomic E-state index is 13.4. The van der Waals surface area contributed by atoms with E-state index in [0.29, 0.717) is 28.4 Å². The van der Waals surface area contributed by atoms with Crippen LogP contribution in [0.25, 0.3) is 21.3 Å². The molecule has 11 heteroatoms. The van der Waals surface area contributed by atoms with E-state index in [9.17, 15) is 22.8 Å². The topological polar surface area (TPSA) is 99.8 Å². The fourth-order valence-corrected chi connectivity index (χ4v) is 4.66. The normalized spacial score (nSPS) is 11.7. The number of rotatable bonds is 5. The first-order valence-corrected chi connectivity index (χ1v) is 11.7. The Hall–Kier alpha value is -4.25. The Bertz CT molecular complexity index is 1590. The Morgan fingerprint density at radius 2 is 1.67 bits per heavy atom. The molecule has 3 aromatic carbocycles. The molecule has 182 valence electrons. The summed E-state index contributed by atoms with van der Waals surface area (Å²) < 4.78 is 41.1. The van der Waals surface area contributed by atoms with Gasteiger partial charge in [-0.2, -0.15) is 13.2 Å². The van der Waals surface area contributed by atoms with E-state index in [-0.39, 0.29) is 11.3 Å². The SMILES string of the molecule is CCc1nc2c(C(=O)Nc3nc4ccccc4s3)cc(NC(=O)c3ccccc3C(F)(F)F)cc2[nH]1. The molecule has 36 heavy (non-hydrogen) atoms. The van der Waals surface area contributed by atoms with Gasteiger partial charge in [0.25, 0.3) is 11.8 Å². The van der Waals surface area contributed by atoms with Gasteiger partial charge in [0.2, 0.25) is 0 Å². The minimum Gasteiger partial charge on any atom is -0.342 e. The number of hydrogen-bond acceptors (Lipinski definition) is 5. The van der Waals surface area contributed by atoms with Crippen molar-refractivity contribution >= 4 is 55.2 Å². The molecule has 5 rings (SSSR count). The Morgan fingerprint density at radius 1 is 0.944 bits per heavy atom. The van der Waals surface area contributed by atoms with Crippen molar-refractivity contribution < 1.29 is 22.8 Å². The number of thiazole rings is 1. The number of fused-ring (bicyclic) bond motifs is 2. The van der Waals surface area contributed by atoms with E-state index in [4.69, 9.17) is 0 Å². The smallest absolute Gasteiger partial charge is 0.342 e. The number of imidazole rings is 1. The van der Waals surface area contributed by atoms with Crippen LogP contribution in [0.15, 0.2) is 60.7 Å². The predicted molar refractivity (Wildman–Crippen MR) is 132 cm³/mol. The lowest BCUT2D eigenvalue weighted by Crippen LogP contribution is -2.19. The molecule has 0 atom stereocenters. The zero-order chi connectivity index (χ0) is 25.4. The number of carbonyl (C=O) groups is 2. The Labute approximate surface area is 206 Å². The fourth-order valence-electron chi connectivity index (χ4n) is 3.80. The molecule has 0 bridgehead atoms. The molecule has 0 fully saturated rings. The summed E-state index contributed by atoms with van der Waals surface area (Å²) in [5.41, 5.74) is 0.284. The van der Waals surface area contributed by atoms with Crippen LogP contribution in [0.2, 0.25) is 0 Å². The number of anilines is 2. The van der Waals surface area contributed by atoms with Crippen LogP contribution in [0.5, 0.6) is 0 Å².